The summed E-state index contributed by atoms with van der Waals surface area (Å²) < 4.78 is 34.4. The van der Waals surface area contributed by atoms with Gasteiger partial charge in [0, 0.05) is 20.6 Å². The minimum Gasteiger partial charge on any atom is -0.469 e. The van der Waals surface area contributed by atoms with Gasteiger partial charge < -0.3 is 9.47 Å². The Morgan fingerprint density at radius 3 is 1.94 bits per heavy atom. The first kappa shape index (κ1) is 16.8. The van der Waals surface area contributed by atoms with Crippen molar-refractivity contribution >= 4 is 22.1 Å². The minimum absolute atomic E-state index is 0.138. The van der Waals surface area contributed by atoms with Crippen LogP contribution in [-0.2, 0) is 29.3 Å². The SMILES string of the molecule is COC(=O)CCN(CC(=O)OC)S(=O)(=O)N(C)C. The lowest BCUT2D eigenvalue weighted by Crippen LogP contribution is -2.44. The second-order valence-corrected chi connectivity index (χ2v) is 5.67. The van der Waals surface area contributed by atoms with Crippen LogP contribution in [0.5, 0.6) is 0 Å². The monoisotopic (exact) mass is 282 g/mol. The molecule has 18 heavy (non-hydrogen) atoms. The van der Waals surface area contributed by atoms with Gasteiger partial charge in [-0.15, -0.1) is 0 Å². The summed E-state index contributed by atoms with van der Waals surface area (Å²) in [5.74, 6) is -1.26. The van der Waals surface area contributed by atoms with Gasteiger partial charge >= 0.3 is 11.9 Å². The zero-order valence-electron chi connectivity index (χ0n) is 10.9. The van der Waals surface area contributed by atoms with Crippen molar-refractivity contribution in [2.45, 2.75) is 6.42 Å². The minimum atomic E-state index is -3.79. The second kappa shape index (κ2) is 7.29. The second-order valence-electron chi connectivity index (χ2n) is 3.53. The molecule has 8 nitrogen and oxygen atoms in total. The Hall–Kier alpha value is -1.19. The number of hydrogen-bond acceptors (Lipinski definition) is 6. The van der Waals surface area contributed by atoms with Crippen LogP contribution in [0.25, 0.3) is 0 Å². The van der Waals surface area contributed by atoms with Crippen molar-refractivity contribution in [1.29, 1.82) is 0 Å². The molecule has 9 heteroatoms. The summed E-state index contributed by atoms with van der Waals surface area (Å²) in [5.41, 5.74) is 0. The Bertz CT molecular complexity index is 392. The molecule has 106 valence electrons. The summed E-state index contributed by atoms with van der Waals surface area (Å²) in [6.07, 6.45) is -0.138. The summed E-state index contributed by atoms with van der Waals surface area (Å²) in [7, 11) is 1.23. The Balaban J connectivity index is 4.84. The van der Waals surface area contributed by atoms with E-state index in [-0.39, 0.29) is 13.0 Å². The number of hydrogen-bond donors (Lipinski definition) is 0. The number of methoxy groups -OCH3 is 2. The van der Waals surface area contributed by atoms with E-state index in [0.717, 1.165) is 15.7 Å². The molecule has 0 aromatic rings. The van der Waals surface area contributed by atoms with E-state index in [2.05, 4.69) is 9.47 Å². The lowest BCUT2D eigenvalue weighted by atomic mass is 10.4. The highest BCUT2D eigenvalue weighted by molar-refractivity contribution is 7.86. The number of nitrogens with zero attached hydrogens (tertiary/aromatic N) is 2. The first-order valence-corrected chi connectivity index (χ1v) is 6.46. The third kappa shape index (κ3) is 4.98. The zero-order chi connectivity index (χ0) is 14.3. The first-order valence-electron chi connectivity index (χ1n) is 5.07. The molecule has 0 N–H and O–H groups in total. The van der Waals surface area contributed by atoms with Crippen LogP contribution < -0.4 is 0 Å². The van der Waals surface area contributed by atoms with Crippen molar-refractivity contribution in [3.8, 4) is 0 Å². The fourth-order valence-electron chi connectivity index (χ4n) is 1.03. The molecule has 0 unspecified atom stereocenters. The smallest absolute Gasteiger partial charge is 0.321 e. The van der Waals surface area contributed by atoms with Crippen LogP contribution in [0.3, 0.4) is 0 Å². The van der Waals surface area contributed by atoms with E-state index in [0.29, 0.717) is 0 Å². The summed E-state index contributed by atoms with van der Waals surface area (Å²) in [4.78, 5) is 22.1. The summed E-state index contributed by atoms with van der Waals surface area (Å²) >= 11 is 0. The number of esters is 2. The van der Waals surface area contributed by atoms with E-state index < -0.39 is 28.7 Å². The molecule has 0 amide bonds. The molecule has 0 heterocycles. The molecule has 0 spiro atoms. The van der Waals surface area contributed by atoms with Gasteiger partial charge in [0.25, 0.3) is 10.2 Å². The molecular weight excluding hydrogens is 264 g/mol. The van der Waals surface area contributed by atoms with Gasteiger partial charge in [-0.3, -0.25) is 9.59 Å². The molecule has 0 saturated heterocycles. The molecule has 0 aliphatic heterocycles. The molecule has 0 aliphatic carbocycles. The molecule has 0 aromatic carbocycles. The number of rotatable bonds is 7. The van der Waals surface area contributed by atoms with Crippen LogP contribution in [0.2, 0.25) is 0 Å². The number of ether oxygens (including phenoxy) is 2. The topological polar surface area (TPSA) is 93.2 Å². The predicted octanol–water partition coefficient (Wildman–Crippen LogP) is -1.17. The van der Waals surface area contributed by atoms with Gasteiger partial charge in [0.15, 0.2) is 0 Å². The van der Waals surface area contributed by atoms with Crippen molar-refractivity contribution in [2.75, 3.05) is 41.4 Å². The van der Waals surface area contributed by atoms with Gasteiger partial charge in [-0.1, -0.05) is 0 Å². The Labute approximate surface area is 107 Å². The van der Waals surface area contributed by atoms with Gasteiger partial charge in [-0.2, -0.15) is 17.0 Å². The Morgan fingerprint density at radius 1 is 1.06 bits per heavy atom. The largest absolute Gasteiger partial charge is 0.469 e. The van der Waals surface area contributed by atoms with Crippen molar-refractivity contribution in [3.63, 3.8) is 0 Å². The molecule has 0 rings (SSSR count). The third-order valence-corrected chi connectivity index (χ3v) is 4.00. The van der Waals surface area contributed by atoms with Crippen LogP contribution in [-0.4, -0.2) is 70.4 Å². The highest BCUT2D eigenvalue weighted by Crippen LogP contribution is 2.06. The third-order valence-electron chi connectivity index (χ3n) is 2.11. The molecule has 0 radical (unpaired) electrons. The lowest BCUT2D eigenvalue weighted by Gasteiger charge is -2.23. The fourth-order valence-corrected chi connectivity index (χ4v) is 2.09. The summed E-state index contributed by atoms with van der Waals surface area (Å²) in [5, 5.41) is 0. The van der Waals surface area contributed by atoms with Crippen molar-refractivity contribution < 1.29 is 27.5 Å². The van der Waals surface area contributed by atoms with Gasteiger partial charge in [-0.25, -0.2) is 0 Å². The average Bonchev–Trinajstić information content (AvgIpc) is 2.32. The Kier molecular flexibility index (Phi) is 6.81. The van der Waals surface area contributed by atoms with Crippen LogP contribution in [0.4, 0.5) is 0 Å². The summed E-state index contributed by atoms with van der Waals surface area (Å²) in [6, 6.07) is 0. The van der Waals surface area contributed by atoms with Crippen LogP contribution in [0.15, 0.2) is 0 Å². The fraction of sp³-hybridized carbons (Fsp3) is 0.778. The maximum absolute atomic E-state index is 11.9. The van der Waals surface area contributed by atoms with Gasteiger partial charge in [0.2, 0.25) is 0 Å². The van der Waals surface area contributed by atoms with E-state index in [1.807, 2.05) is 0 Å². The maximum Gasteiger partial charge on any atom is 0.321 e. The Morgan fingerprint density at radius 2 is 1.56 bits per heavy atom. The quantitative estimate of drug-likeness (QED) is 0.546. The molecule has 0 aliphatic rings. The van der Waals surface area contributed by atoms with Crippen molar-refractivity contribution in [1.82, 2.24) is 8.61 Å². The van der Waals surface area contributed by atoms with E-state index in [4.69, 9.17) is 0 Å². The van der Waals surface area contributed by atoms with Gasteiger partial charge in [0.1, 0.15) is 6.54 Å². The molecule has 0 atom stereocenters. The highest BCUT2D eigenvalue weighted by atomic mass is 32.2. The van der Waals surface area contributed by atoms with Crippen LogP contribution >= 0.6 is 0 Å². The zero-order valence-corrected chi connectivity index (χ0v) is 11.7. The van der Waals surface area contributed by atoms with E-state index in [9.17, 15) is 18.0 Å². The number of carbonyl (C=O) groups excluding carboxylic acids is 2. The van der Waals surface area contributed by atoms with E-state index >= 15 is 0 Å². The van der Waals surface area contributed by atoms with Crippen molar-refractivity contribution in [3.05, 3.63) is 0 Å². The van der Waals surface area contributed by atoms with E-state index in [1.165, 1.54) is 21.2 Å². The van der Waals surface area contributed by atoms with Crippen LogP contribution in [0.1, 0.15) is 6.42 Å². The standard InChI is InChI=1S/C9H18N2O6S/c1-10(2)18(14,15)11(7-9(13)17-4)6-5-8(12)16-3/h5-7H2,1-4H3. The summed E-state index contributed by atoms with van der Waals surface area (Å²) in [6.45, 7) is -0.601. The van der Waals surface area contributed by atoms with Crippen molar-refractivity contribution in [2.24, 2.45) is 0 Å². The average molecular weight is 282 g/mol. The normalized spacial score (nSPS) is 11.7. The predicted molar refractivity (Wildman–Crippen MR) is 62.8 cm³/mol. The lowest BCUT2D eigenvalue weighted by molar-refractivity contribution is -0.143. The molecule has 0 bridgehead atoms. The highest BCUT2D eigenvalue weighted by Gasteiger charge is 2.27. The number of carbonyl (C=O) groups is 2. The van der Waals surface area contributed by atoms with Gasteiger partial charge in [0.05, 0.1) is 20.6 Å². The molecule has 0 fully saturated rings. The van der Waals surface area contributed by atoms with Crippen LogP contribution in [0, 0.1) is 0 Å². The van der Waals surface area contributed by atoms with Gasteiger partial charge in [-0.05, 0) is 0 Å². The molecule has 0 saturated carbocycles. The first-order chi connectivity index (χ1) is 8.25. The maximum atomic E-state index is 11.9. The molecular formula is C9H18N2O6S. The molecule has 0 aromatic heterocycles. The van der Waals surface area contributed by atoms with E-state index in [1.54, 1.807) is 0 Å².